The van der Waals surface area contributed by atoms with Crippen LogP contribution in [-0.2, 0) is 6.18 Å². The lowest BCUT2D eigenvalue weighted by molar-refractivity contribution is -0.275. The van der Waals surface area contributed by atoms with Gasteiger partial charge in [-0.1, -0.05) is 6.92 Å². The van der Waals surface area contributed by atoms with Crippen LogP contribution >= 0.6 is 11.8 Å². The Hall–Kier alpha value is -2.90. The van der Waals surface area contributed by atoms with Gasteiger partial charge in [0.1, 0.15) is 5.04 Å². The Bertz CT molecular complexity index is 1030. The second-order valence-electron chi connectivity index (χ2n) is 6.48. The third kappa shape index (κ3) is 6.55. The first-order valence-electron chi connectivity index (χ1n) is 9.07. The zero-order valence-electron chi connectivity index (χ0n) is 16.8. The van der Waals surface area contributed by atoms with Gasteiger partial charge in [0.15, 0.2) is 5.82 Å². The quantitative estimate of drug-likeness (QED) is 0.185. The number of hydrogen-bond donors (Lipinski definition) is 3. The largest absolute Gasteiger partial charge is 0.455 e. The fourth-order valence-electron chi connectivity index (χ4n) is 2.44. The molecule has 1 heterocycles. The minimum Gasteiger partial charge on any atom is -0.398 e. The zero-order valence-corrected chi connectivity index (χ0v) is 17.6. The highest BCUT2D eigenvalue weighted by atomic mass is 32.2. The van der Waals surface area contributed by atoms with Gasteiger partial charge in [-0.05, 0) is 30.0 Å². The number of halogens is 8. The number of nitrogens with one attached hydrogen (secondary N) is 2. The summed E-state index contributed by atoms with van der Waals surface area (Å²) in [5, 5.41) is 9.52. The van der Waals surface area contributed by atoms with Crippen LogP contribution in [0.15, 0.2) is 35.5 Å². The van der Waals surface area contributed by atoms with E-state index in [4.69, 9.17) is 11.1 Å². The molecule has 0 spiro atoms. The molecule has 14 heteroatoms. The molecule has 33 heavy (non-hydrogen) atoms. The Morgan fingerprint density at radius 3 is 2.33 bits per heavy atom. The molecule has 0 amide bonds. The molecule has 4 N–H and O–H groups in total. The van der Waals surface area contributed by atoms with E-state index in [1.807, 2.05) is 5.32 Å². The number of alkyl halides is 8. The van der Waals surface area contributed by atoms with E-state index in [1.54, 1.807) is 6.92 Å². The predicted octanol–water partition coefficient (Wildman–Crippen LogP) is 6.12. The number of rotatable bonds is 7. The molecule has 5 nitrogen and oxygen atoms in total. The van der Waals surface area contributed by atoms with Crippen LogP contribution in [0.25, 0.3) is 0 Å². The van der Waals surface area contributed by atoms with Crippen molar-refractivity contribution in [2.24, 2.45) is 4.99 Å². The molecular weight excluding hydrogens is 482 g/mol. The number of aromatic nitrogens is 1. The van der Waals surface area contributed by atoms with Gasteiger partial charge in [-0.25, -0.2) is 9.98 Å². The number of nitrogens with zero attached hydrogens (tertiary/aromatic N) is 2. The van der Waals surface area contributed by atoms with E-state index in [0.29, 0.717) is 12.0 Å². The average molecular weight is 499 g/mol. The lowest BCUT2D eigenvalue weighted by atomic mass is 10.1. The predicted molar refractivity (Wildman–Crippen MR) is 112 cm³/mol. The Balaban J connectivity index is 2.38. The molecule has 2 rings (SSSR count). The van der Waals surface area contributed by atoms with Crippen LogP contribution in [0.1, 0.15) is 23.6 Å². The molecule has 0 unspecified atom stereocenters. The molecule has 2 aromatic rings. The summed E-state index contributed by atoms with van der Waals surface area (Å²) < 4.78 is 102. The summed E-state index contributed by atoms with van der Waals surface area (Å²) in [4.78, 5) is 8.09. The SMILES string of the molecule is CCSC(=Nc1cc(C=N)c(NCC(F)(F)C(F)(F)F)cn1)c1ccc(C(F)(F)F)cc1N. The third-order valence-electron chi connectivity index (χ3n) is 4.10. The van der Waals surface area contributed by atoms with Gasteiger partial charge in [0.05, 0.1) is 24.0 Å². The van der Waals surface area contributed by atoms with E-state index >= 15 is 0 Å². The topological polar surface area (TPSA) is 87.2 Å². The Morgan fingerprint density at radius 1 is 1.15 bits per heavy atom. The monoisotopic (exact) mass is 499 g/mol. The van der Waals surface area contributed by atoms with Crippen LogP contribution in [0.5, 0.6) is 0 Å². The van der Waals surface area contributed by atoms with E-state index in [0.717, 1.165) is 42.2 Å². The van der Waals surface area contributed by atoms with E-state index in [1.165, 1.54) is 0 Å². The second kappa shape index (κ2) is 9.93. The third-order valence-corrected chi connectivity index (χ3v) is 4.97. The van der Waals surface area contributed by atoms with Crippen molar-refractivity contribution in [2.45, 2.75) is 25.2 Å². The van der Waals surface area contributed by atoms with Crippen molar-refractivity contribution >= 4 is 40.2 Å². The summed E-state index contributed by atoms with van der Waals surface area (Å²) in [5.74, 6) is -4.60. The van der Waals surface area contributed by atoms with Crippen LogP contribution in [0.3, 0.4) is 0 Å². The highest BCUT2D eigenvalue weighted by Gasteiger charge is 2.57. The average Bonchev–Trinajstić information content (AvgIpc) is 2.70. The molecule has 180 valence electrons. The number of hydrogen-bond acceptors (Lipinski definition) is 6. The van der Waals surface area contributed by atoms with Crippen molar-refractivity contribution in [3.63, 3.8) is 0 Å². The first-order valence-corrected chi connectivity index (χ1v) is 10.1. The molecule has 0 fully saturated rings. The van der Waals surface area contributed by atoms with Crippen molar-refractivity contribution in [3.8, 4) is 0 Å². The minimum absolute atomic E-state index is 0.0584. The summed E-state index contributed by atoms with van der Waals surface area (Å²) >= 11 is 1.14. The smallest absolute Gasteiger partial charge is 0.398 e. The first kappa shape index (κ1) is 26.4. The van der Waals surface area contributed by atoms with Gasteiger partial charge in [0.25, 0.3) is 0 Å². The van der Waals surface area contributed by atoms with Crippen LogP contribution < -0.4 is 11.1 Å². The summed E-state index contributed by atoms with van der Waals surface area (Å²) in [6.07, 6.45) is -8.71. The molecule has 0 saturated carbocycles. The number of aliphatic imine (C=N–C) groups is 1. The van der Waals surface area contributed by atoms with E-state index < -0.39 is 30.4 Å². The molecule has 0 bridgehead atoms. The van der Waals surface area contributed by atoms with Crippen LogP contribution in [-0.4, -0.2) is 40.6 Å². The Morgan fingerprint density at radius 2 is 1.82 bits per heavy atom. The Labute approximate surface area is 187 Å². The molecule has 0 radical (unpaired) electrons. The van der Waals surface area contributed by atoms with Crippen molar-refractivity contribution in [3.05, 3.63) is 47.2 Å². The van der Waals surface area contributed by atoms with Crippen LogP contribution in [0.4, 0.5) is 52.3 Å². The number of thioether (sulfide) groups is 1. The van der Waals surface area contributed by atoms with Crippen molar-refractivity contribution in [1.82, 2.24) is 4.98 Å². The molecule has 1 aromatic heterocycles. The van der Waals surface area contributed by atoms with Crippen LogP contribution in [0, 0.1) is 5.41 Å². The molecule has 0 aliphatic carbocycles. The molecule has 0 atom stereocenters. The van der Waals surface area contributed by atoms with Gasteiger partial charge in [0, 0.05) is 23.0 Å². The molecule has 1 aromatic carbocycles. The summed E-state index contributed by atoms with van der Waals surface area (Å²) in [5.41, 5.74) is 4.50. The van der Waals surface area contributed by atoms with Gasteiger partial charge in [-0.15, -0.1) is 11.8 Å². The number of pyridine rings is 1. The van der Waals surface area contributed by atoms with E-state index in [9.17, 15) is 35.1 Å². The zero-order chi connectivity index (χ0) is 25.0. The van der Waals surface area contributed by atoms with Crippen molar-refractivity contribution in [2.75, 3.05) is 23.3 Å². The fourth-order valence-corrected chi connectivity index (χ4v) is 3.21. The van der Waals surface area contributed by atoms with E-state index in [-0.39, 0.29) is 33.4 Å². The fraction of sp³-hybridized carbons (Fsp3) is 0.316. The normalized spacial score (nSPS) is 13.2. The molecular formula is C19H17F8N5S. The summed E-state index contributed by atoms with van der Waals surface area (Å²) in [7, 11) is 0. The van der Waals surface area contributed by atoms with Crippen molar-refractivity contribution in [1.29, 1.82) is 5.41 Å². The van der Waals surface area contributed by atoms with Gasteiger partial charge >= 0.3 is 18.3 Å². The minimum atomic E-state index is -5.75. The lowest BCUT2D eigenvalue weighted by Crippen LogP contribution is -2.42. The van der Waals surface area contributed by atoms with Gasteiger partial charge in [0.2, 0.25) is 0 Å². The highest BCUT2D eigenvalue weighted by Crippen LogP contribution is 2.36. The maximum atomic E-state index is 13.1. The number of nitrogens with two attached hydrogens (primary N) is 1. The number of benzene rings is 1. The lowest BCUT2D eigenvalue weighted by Gasteiger charge is -2.20. The van der Waals surface area contributed by atoms with Crippen molar-refractivity contribution < 1.29 is 35.1 Å². The van der Waals surface area contributed by atoms with Gasteiger partial charge in [-0.3, -0.25) is 0 Å². The highest BCUT2D eigenvalue weighted by molar-refractivity contribution is 8.14. The summed E-state index contributed by atoms with van der Waals surface area (Å²) in [6, 6.07) is 3.89. The number of nitrogen functional groups attached to an aromatic ring is 1. The molecule has 0 saturated heterocycles. The number of anilines is 2. The maximum Gasteiger partial charge on any atom is 0.455 e. The van der Waals surface area contributed by atoms with E-state index in [2.05, 4.69) is 9.98 Å². The first-order chi connectivity index (χ1) is 15.2. The summed E-state index contributed by atoms with van der Waals surface area (Å²) in [6.45, 7) is -0.00853. The maximum absolute atomic E-state index is 13.1. The van der Waals surface area contributed by atoms with Crippen LogP contribution in [0.2, 0.25) is 0 Å². The second-order valence-corrected chi connectivity index (χ2v) is 7.73. The Kier molecular flexibility index (Phi) is 7.93. The van der Waals surface area contributed by atoms with Gasteiger partial charge in [-0.2, -0.15) is 35.1 Å². The van der Waals surface area contributed by atoms with Gasteiger partial charge < -0.3 is 16.5 Å². The molecule has 0 aliphatic rings. The standard InChI is InChI=1S/C19H17F8N5S/c1-2-33-16(12-4-3-11(6-13(12)29)18(22,23)24)32-15-5-10(7-28)14(8-30-15)31-9-17(20,21)19(25,26)27/h3-8,28,31H,2,9,29H2,1H3. The molecule has 0 aliphatic heterocycles.